The minimum absolute atomic E-state index is 0.0301. The SMILES string of the molecule is O=C(O)c1ccoc1C(O)c1cccc(Br)c1. The summed E-state index contributed by atoms with van der Waals surface area (Å²) >= 11 is 3.28. The van der Waals surface area contributed by atoms with Gasteiger partial charge >= 0.3 is 5.97 Å². The van der Waals surface area contributed by atoms with Gasteiger partial charge in [0.15, 0.2) is 5.76 Å². The van der Waals surface area contributed by atoms with Crippen LogP contribution in [0.2, 0.25) is 0 Å². The molecule has 0 amide bonds. The fourth-order valence-electron chi connectivity index (χ4n) is 1.54. The lowest BCUT2D eigenvalue weighted by Crippen LogP contribution is -2.05. The second-order valence-electron chi connectivity index (χ2n) is 3.46. The Morgan fingerprint density at radius 3 is 2.76 bits per heavy atom. The van der Waals surface area contributed by atoms with Gasteiger partial charge < -0.3 is 14.6 Å². The quantitative estimate of drug-likeness (QED) is 0.914. The van der Waals surface area contributed by atoms with E-state index in [-0.39, 0.29) is 11.3 Å². The number of benzene rings is 1. The molecule has 1 atom stereocenters. The summed E-state index contributed by atoms with van der Waals surface area (Å²) in [7, 11) is 0. The van der Waals surface area contributed by atoms with Crippen LogP contribution in [0.5, 0.6) is 0 Å². The molecule has 0 aliphatic rings. The third kappa shape index (κ3) is 2.40. The molecule has 17 heavy (non-hydrogen) atoms. The zero-order valence-electron chi connectivity index (χ0n) is 8.63. The lowest BCUT2D eigenvalue weighted by Gasteiger charge is -2.09. The average molecular weight is 297 g/mol. The maximum atomic E-state index is 10.9. The van der Waals surface area contributed by atoms with Gasteiger partial charge in [0.05, 0.1) is 6.26 Å². The molecule has 2 aromatic rings. The van der Waals surface area contributed by atoms with Crippen LogP contribution in [-0.4, -0.2) is 16.2 Å². The Morgan fingerprint density at radius 1 is 1.35 bits per heavy atom. The van der Waals surface area contributed by atoms with E-state index in [0.717, 1.165) is 4.47 Å². The van der Waals surface area contributed by atoms with Crippen molar-refractivity contribution in [3.63, 3.8) is 0 Å². The van der Waals surface area contributed by atoms with Gasteiger partial charge in [-0.2, -0.15) is 0 Å². The van der Waals surface area contributed by atoms with Crippen LogP contribution in [0.25, 0.3) is 0 Å². The van der Waals surface area contributed by atoms with E-state index in [1.54, 1.807) is 18.2 Å². The lowest BCUT2D eigenvalue weighted by atomic mass is 10.0. The first kappa shape index (κ1) is 11.9. The van der Waals surface area contributed by atoms with E-state index in [2.05, 4.69) is 15.9 Å². The van der Waals surface area contributed by atoms with Gasteiger partial charge in [0.1, 0.15) is 11.7 Å². The van der Waals surface area contributed by atoms with Gasteiger partial charge in [0, 0.05) is 4.47 Å². The maximum Gasteiger partial charge on any atom is 0.339 e. The largest absolute Gasteiger partial charge is 0.478 e. The number of rotatable bonds is 3. The first-order chi connectivity index (χ1) is 8.09. The molecule has 1 heterocycles. The molecule has 1 aromatic heterocycles. The van der Waals surface area contributed by atoms with Crippen LogP contribution in [0.1, 0.15) is 27.8 Å². The van der Waals surface area contributed by atoms with Gasteiger partial charge in [-0.1, -0.05) is 28.1 Å². The number of carboxylic acid groups (broad SMARTS) is 1. The van der Waals surface area contributed by atoms with Crippen LogP contribution in [0.3, 0.4) is 0 Å². The summed E-state index contributed by atoms with van der Waals surface area (Å²) in [6.07, 6.45) is 0.161. The Bertz CT molecular complexity index is 547. The number of hydrogen-bond donors (Lipinski definition) is 2. The van der Waals surface area contributed by atoms with E-state index in [0.29, 0.717) is 5.56 Å². The van der Waals surface area contributed by atoms with Gasteiger partial charge in [-0.05, 0) is 23.8 Å². The summed E-state index contributed by atoms with van der Waals surface area (Å²) < 4.78 is 5.84. The molecule has 0 radical (unpaired) electrons. The zero-order chi connectivity index (χ0) is 12.4. The first-order valence-corrected chi connectivity index (χ1v) is 5.63. The van der Waals surface area contributed by atoms with Gasteiger partial charge in [0.25, 0.3) is 0 Å². The third-order valence-electron chi connectivity index (χ3n) is 2.34. The van der Waals surface area contributed by atoms with Crippen molar-refractivity contribution in [3.8, 4) is 0 Å². The molecular weight excluding hydrogens is 288 g/mol. The Labute approximate surface area is 106 Å². The van der Waals surface area contributed by atoms with Crippen molar-refractivity contribution >= 4 is 21.9 Å². The summed E-state index contributed by atoms with van der Waals surface area (Å²) in [5.74, 6) is -1.08. The Hall–Kier alpha value is -1.59. The molecule has 2 N–H and O–H groups in total. The molecule has 0 bridgehead atoms. The van der Waals surface area contributed by atoms with Crippen molar-refractivity contribution in [1.29, 1.82) is 0 Å². The molecule has 0 aliphatic carbocycles. The predicted molar refractivity (Wildman–Crippen MR) is 63.9 cm³/mol. The number of carbonyl (C=O) groups is 1. The number of aliphatic hydroxyl groups is 1. The molecule has 0 saturated heterocycles. The molecule has 0 fully saturated rings. The van der Waals surface area contributed by atoms with Gasteiger partial charge in [-0.15, -0.1) is 0 Å². The molecule has 2 rings (SSSR count). The highest BCUT2D eigenvalue weighted by atomic mass is 79.9. The Kier molecular flexibility index (Phi) is 3.31. The normalized spacial score (nSPS) is 12.4. The highest BCUT2D eigenvalue weighted by molar-refractivity contribution is 9.10. The maximum absolute atomic E-state index is 10.9. The molecule has 0 aliphatic heterocycles. The minimum Gasteiger partial charge on any atom is -0.478 e. The Balaban J connectivity index is 2.40. The number of carboxylic acids is 1. The van der Waals surface area contributed by atoms with Crippen molar-refractivity contribution < 1.29 is 19.4 Å². The van der Waals surface area contributed by atoms with E-state index in [4.69, 9.17) is 9.52 Å². The average Bonchev–Trinajstić information content (AvgIpc) is 2.77. The molecule has 5 heteroatoms. The number of halogens is 1. The van der Waals surface area contributed by atoms with Gasteiger partial charge in [-0.25, -0.2) is 4.79 Å². The highest BCUT2D eigenvalue weighted by Gasteiger charge is 2.22. The second kappa shape index (κ2) is 4.73. The van der Waals surface area contributed by atoms with E-state index >= 15 is 0 Å². The summed E-state index contributed by atoms with van der Waals surface area (Å²) in [5, 5.41) is 19.0. The summed E-state index contributed by atoms with van der Waals surface area (Å²) in [6.45, 7) is 0. The van der Waals surface area contributed by atoms with E-state index in [1.807, 2.05) is 6.07 Å². The van der Waals surface area contributed by atoms with Crippen LogP contribution < -0.4 is 0 Å². The number of furan rings is 1. The van der Waals surface area contributed by atoms with Crippen LogP contribution in [-0.2, 0) is 0 Å². The van der Waals surface area contributed by atoms with Crippen molar-refractivity contribution in [1.82, 2.24) is 0 Å². The zero-order valence-corrected chi connectivity index (χ0v) is 10.2. The smallest absolute Gasteiger partial charge is 0.339 e. The molecule has 4 nitrogen and oxygen atoms in total. The van der Waals surface area contributed by atoms with Crippen molar-refractivity contribution in [2.24, 2.45) is 0 Å². The fourth-order valence-corrected chi connectivity index (χ4v) is 1.95. The van der Waals surface area contributed by atoms with E-state index in [9.17, 15) is 9.90 Å². The molecular formula is C12H9BrO4. The monoisotopic (exact) mass is 296 g/mol. The lowest BCUT2D eigenvalue weighted by molar-refractivity contribution is 0.0687. The van der Waals surface area contributed by atoms with Gasteiger partial charge in [-0.3, -0.25) is 0 Å². The number of aliphatic hydroxyl groups excluding tert-OH is 1. The summed E-state index contributed by atoms with van der Waals surface area (Å²) in [4.78, 5) is 10.9. The standard InChI is InChI=1S/C12H9BrO4/c13-8-3-1-2-7(6-8)10(14)11-9(12(15)16)4-5-17-11/h1-6,10,14H,(H,15,16). The first-order valence-electron chi connectivity index (χ1n) is 4.84. The minimum atomic E-state index is -1.12. The highest BCUT2D eigenvalue weighted by Crippen LogP contribution is 2.27. The second-order valence-corrected chi connectivity index (χ2v) is 4.38. The third-order valence-corrected chi connectivity index (χ3v) is 2.83. The predicted octanol–water partition coefficient (Wildman–Crippen LogP) is 2.82. The number of hydrogen-bond acceptors (Lipinski definition) is 3. The van der Waals surface area contributed by atoms with Crippen LogP contribution in [0.15, 0.2) is 45.5 Å². The van der Waals surface area contributed by atoms with Gasteiger partial charge in [0.2, 0.25) is 0 Å². The molecule has 0 spiro atoms. The summed E-state index contributed by atoms with van der Waals surface area (Å²) in [5.41, 5.74) is 0.536. The summed E-state index contributed by atoms with van der Waals surface area (Å²) in [6, 6.07) is 8.30. The molecule has 88 valence electrons. The van der Waals surface area contributed by atoms with Crippen molar-refractivity contribution in [2.75, 3.05) is 0 Å². The van der Waals surface area contributed by atoms with Crippen LogP contribution in [0.4, 0.5) is 0 Å². The molecule has 0 saturated carbocycles. The fraction of sp³-hybridized carbons (Fsp3) is 0.0833. The topological polar surface area (TPSA) is 70.7 Å². The van der Waals surface area contributed by atoms with Crippen molar-refractivity contribution in [3.05, 3.63) is 58.0 Å². The van der Waals surface area contributed by atoms with Crippen LogP contribution in [0, 0.1) is 0 Å². The molecule has 1 unspecified atom stereocenters. The number of aromatic carboxylic acids is 1. The van der Waals surface area contributed by atoms with Crippen molar-refractivity contribution in [2.45, 2.75) is 6.10 Å². The molecule has 1 aromatic carbocycles. The van der Waals surface area contributed by atoms with Crippen LogP contribution >= 0.6 is 15.9 Å². The van der Waals surface area contributed by atoms with E-state index < -0.39 is 12.1 Å². The van der Waals surface area contributed by atoms with E-state index in [1.165, 1.54) is 12.3 Å². The Morgan fingerprint density at radius 2 is 2.12 bits per heavy atom.